The van der Waals surface area contributed by atoms with E-state index in [-0.39, 0.29) is 16.1 Å². The van der Waals surface area contributed by atoms with Gasteiger partial charge in [0.25, 0.3) is 21.5 Å². The number of ether oxygens (including phenoxy) is 1. The molecule has 0 aliphatic carbocycles. The van der Waals surface area contributed by atoms with E-state index in [4.69, 9.17) is 4.74 Å². The van der Waals surface area contributed by atoms with Crippen molar-refractivity contribution >= 4 is 33.3 Å². The number of aryl methyl sites for hydroxylation is 2. The van der Waals surface area contributed by atoms with Gasteiger partial charge in [-0.1, -0.05) is 36.4 Å². The predicted octanol–water partition coefficient (Wildman–Crippen LogP) is 4.09. The van der Waals surface area contributed by atoms with Crippen LogP contribution in [0.1, 0.15) is 34.1 Å². The summed E-state index contributed by atoms with van der Waals surface area (Å²) in [6, 6.07) is 19.9. The topological polar surface area (TPSA) is 128 Å². The van der Waals surface area contributed by atoms with Crippen LogP contribution in [0.2, 0.25) is 0 Å². The number of hydrogen-bond donors (Lipinski definition) is 2. The highest BCUT2D eigenvalue weighted by Crippen LogP contribution is 2.21. The van der Waals surface area contributed by atoms with Crippen molar-refractivity contribution in [1.82, 2.24) is 9.36 Å². The van der Waals surface area contributed by atoms with Gasteiger partial charge in [0.1, 0.15) is 5.69 Å². The maximum atomic E-state index is 13.1. The lowest BCUT2D eigenvalue weighted by molar-refractivity contribution is -0.123. The number of carbonyl (C=O) groups excluding carboxylic acids is 2. The molecule has 0 aliphatic rings. The third-order valence-corrected chi connectivity index (χ3v) is 7.84. The molecule has 0 aliphatic heterocycles. The summed E-state index contributed by atoms with van der Waals surface area (Å²) in [6.45, 7) is 6.53. The van der Waals surface area contributed by atoms with Crippen molar-refractivity contribution in [3.05, 3.63) is 106 Å². The van der Waals surface area contributed by atoms with Crippen LogP contribution in [-0.4, -0.2) is 35.8 Å². The van der Waals surface area contributed by atoms with E-state index in [0.29, 0.717) is 22.6 Å². The third kappa shape index (κ3) is 5.84. The Morgan fingerprint density at radius 3 is 2.30 bits per heavy atom. The minimum atomic E-state index is -4.00. The van der Waals surface area contributed by atoms with Gasteiger partial charge in [-0.05, 0) is 75.2 Å². The second kappa shape index (κ2) is 11.2. The molecular formula is C29H30N4O6S. The van der Waals surface area contributed by atoms with Crippen LogP contribution in [0.4, 0.5) is 11.4 Å². The lowest BCUT2D eigenvalue weighted by Gasteiger charge is -2.15. The molecule has 0 fully saturated rings. The zero-order valence-electron chi connectivity index (χ0n) is 22.8. The van der Waals surface area contributed by atoms with Gasteiger partial charge in [0, 0.05) is 12.7 Å². The van der Waals surface area contributed by atoms with Gasteiger partial charge in [0.15, 0.2) is 6.10 Å². The van der Waals surface area contributed by atoms with Crippen molar-refractivity contribution in [3.63, 3.8) is 0 Å². The molecule has 3 aromatic carbocycles. The average Bonchev–Trinajstić information content (AvgIpc) is 3.11. The number of benzene rings is 3. The number of amides is 1. The fraction of sp³-hybridized carbons (Fsp3) is 0.207. The van der Waals surface area contributed by atoms with Crippen LogP contribution in [0.5, 0.6) is 0 Å². The van der Waals surface area contributed by atoms with Crippen LogP contribution in [0.25, 0.3) is 5.69 Å². The molecule has 1 heterocycles. The highest BCUT2D eigenvalue weighted by molar-refractivity contribution is 7.92. The summed E-state index contributed by atoms with van der Waals surface area (Å²) in [4.78, 5) is 38.9. The van der Waals surface area contributed by atoms with E-state index in [1.54, 1.807) is 68.0 Å². The van der Waals surface area contributed by atoms with Gasteiger partial charge < -0.3 is 10.1 Å². The smallest absolute Gasteiger partial charge is 0.339 e. The first-order chi connectivity index (χ1) is 18.9. The number of rotatable bonds is 8. The normalized spacial score (nSPS) is 12.0. The predicted molar refractivity (Wildman–Crippen MR) is 152 cm³/mol. The first-order valence-corrected chi connectivity index (χ1v) is 13.9. The Bertz CT molecular complexity index is 1760. The summed E-state index contributed by atoms with van der Waals surface area (Å²) in [5.41, 5.74) is 2.49. The Hall–Kier alpha value is -4.64. The van der Waals surface area contributed by atoms with Crippen LogP contribution in [-0.2, 0) is 26.6 Å². The van der Waals surface area contributed by atoms with Gasteiger partial charge in [-0.25, -0.2) is 17.9 Å². The Morgan fingerprint density at radius 1 is 0.925 bits per heavy atom. The SMILES string of the molecule is Cc1cccc(NS(=O)(=O)c2ccc(C)c(C(=O)OC(C)C(=O)Nc3c(C)n(C)n(-c4ccccc4)c3=O)c2)c1. The molecule has 1 aromatic heterocycles. The monoisotopic (exact) mass is 562 g/mol. The van der Waals surface area contributed by atoms with Crippen molar-refractivity contribution < 1.29 is 22.7 Å². The molecule has 11 heteroatoms. The summed E-state index contributed by atoms with van der Waals surface area (Å²) in [6.07, 6.45) is -1.28. The average molecular weight is 563 g/mol. The molecule has 1 unspecified atom stereocenters. The van der Waals surface area contributed by atoms with Gasteiger partial charge in [-0.3, -0.25) is 19.0 Å². The highest BCUT2D eigenvalue weighted by atomic mass is 32.2. The molecule has 0 bridgehead atoms. The number of anilines is 2. The molecule has 1 atom stereocenters. The van der Waals surface area contributed by atoms with Crippen molar-refractivity contribution in [2.45, 2.75) is 38.7 Å². The molecular weight excluding hydrogens is 532 g/mol. The van der Waals surface area contributed by atoms with E-state index in [0.717, 1.165) is 5.56 Å². The maximum absolute atomic E-state index is 13.1. The van der Waals surface area contributed by atoms with Crippen LogP contribution in [0.3, 0.4) is 0 Å². The number of carbonyl (C=O) groups is 2. The summed E-state index contributed by atoms with van der Waals surface area (Å²) >= 11 is 0. The lowest BCUT2D eigenvalue weighted by atomic mass is 10.1. The number of nitrogens with one attached hydrogen (secondary N) is 2. The summed E-state index contributed by atoms with van der Waals surface area (Å²) in [5, 5.41) is 2.57. The van der Waals surface area contributed by atoms with Crippen LogP contribution >= 0.6 is 0 Å². The molecule has 0 spiro atoms. The number of hydrogen-bond acceptors (Lipinski definition) is 6. The van der Waals surface area contributed by atoms with E-state index in [1.807, 2.05) is 19.1 Å². The Kier molecular flexibility index (Phi) is 7.96. The maximum Gasteiger partial charge on any atom is 0.339 e. The second-order valence-corrected chi connectivity index (χ2v) is 11.1. The van der Waals surface area contributed by atoms with Gasteiger partial charge in [0.05, 0.1) is 21.8 Å². The molecule has 10 nitrogen and oxygen atoms in total. The summed E-state index contributed by atoms with van der Waals surface area (Å²) in [7, 11) is -2.30. The molecule has 1 amide bonds. The summed E-state index contributed by atoms with van der Waals surface area (Å²) < 4.78 is 36.8. The standard InChI is InChI=1S/C29H30N4O6S/c1-18-10-9-11-22(16-18)31-40(37,38)24-15-14-19(2)25(17-24)29(36)39-21(4)27(34)30-26-20(3)32(5)33(28(26)35)23-12-7-6-8-13-23/h6-17,21,31H,1-5H3,(H,30,34). The van der Waals surface area contributed by atoms with E-state index in [1.165, 1.54) is 29.8 Å². The van der Waals surface area contributed by atoms with E-state index < -0.39 is 33.6 Å². The van der Waals surface area contributed by atoms with Gasteiger partial charge in [-0.2, -0.15) is 0 Å². The van der Waals surface area contributed by atoms with E-state index in [2.05, 4.69) is 10.0 Å². The van der Waals surface area contributed by atoms with Crippen molar-refractivity contribution in [2.75, 3.05) is 10.0 Å². The Balaban J connectivity index is 1.51. The zero-order valence-corrected chi connectivity index (χ0v) is 23.6. The molecule has 4 aromatic rings. The molecule has 0 saturated heterocycles. The molecule has 208 valence electrons. The van der Waals surface area contributed by atoms with Crippen molar-refractivity contribution in [1.29, 1.82) is 0 Å². The fourth-order valence-electron chi connectivity index (χ4n) is 4.13. The molecule has 40 heavy (non-hydrogen) atoms. The van der Waals surface area contributed by atoms with Crippen LogP contribution < -0.4 is 15.6 Å². The molecule has 0 radical (unpaired) electrons. The lowest BCUT2D eigenvalue weighted by Crippen LogP contribution is -2.32. The minimum Gasteiger partial charge on any atom is -0.449 e. The Morgan fingerprint density at radius 2 is 1.62 bits per heavy atom. The third-order valence-electron chi connectivity index (χ3n) is 6.46. The first-order valence-electron chi connectivity index (χ1n) is 12.4. The van der Waals surface area contributed by atoms with E-state index in [9.17, 15) is 22.8 Å². The number of sulfonamides is 1. The zero-order chi connectivity index (χ0) is 29.2. The number of nitrogens with zero attached hydrogens (tertiary/aromatic N) is 2. The number of para-hydroxylation sites is 1. The van der Waals surface area contributed by atoms with Crippen molar-refractivity contribution in [2.24, 2.45) is 7.05 Å². The van der Waals surface area contributed by atoms with Gasteiger partial charge >= 0.3 is 5.97 Å². The molecule has 4 rings (SSSR count). The van der Waals surface area contributed by atoms with Crippen LogP contribution in [0, 0.1) is 20.8 Å². The molecule has 2 N–H and O–H groups in total. The van der Waals surface area contributed by atoms with Crippen molar-refractivity contribution in [3.8, 4) is 5.69 Å². The highest BCUT2D eigenvalue weighted by Gasteiger charge is 2.25. The number of aromatic nitrogens is 2. The largest absolute Gasteiger partial charge is 0.449 e. The minimum absolute atomic E-state index is 0.00547. The van der Waals surface area contributed by atoms with Crippen LogP contribution in [0.15, 0.2) is 82.5 Å². The van der Waals surface area contributed by atoms with Gasteiger partial charge in [-0.15, -0.1) is 0 Å². The van der Waals surface area contributed by atoms with E-state index >= 15 is 0 Å². The van der Waals surface area contributed by atoms with Gasteiger partial charge in [0.2, 0.25) is 0 Å². The summed E-state index contributed by atoms with van der Waals surface area (Å²) in [5.74, 6) is -1.58. The quantitative estimate of drug-likeness (QED) is 0.312. The Labute approximate surface area is 232 Å². The fourth-order valence-corrected chi connectivity index (χ4v) is 5.20. The second-order valence-electron chi connectivity index (χ2n) is 9.43. The number of esters is 1. The molecule has 0 saturated carbocycles. The first kappa shape index (κ1) is 28.4.